The Morgan fingerprint density at radius 3 is 2.29 bits per heavy atom. The number of carboxylic acid groups (broad SMARTS) is 1. The van der Waals surface area contributed by atoms with Crippen LogP contribution in [0.3, 0.4) is 0 Å². The van der Waals surface area contributed by atoms with Crippen molar-refractivity contribution in [2.45, 2.75) is 112 Å². The van der Waals surface area contributed by atoms with Gasteiger partial charge in [-0.05, 0) is 128 Å². The summed E-state index contributed by atoms with van der Waals surface area (Å²) in [7, 11) is 0. The number of phenolic OH excluding ortho intramolecular Hbond substituents is 1. The zero-order chi connectivity index (χ0) is 32.7. The lowest BCUT2D eigenvalue weighted by Crippen LogP contribution is -2.65. The second-order valence-corrected chi connectivity index (χ2v) is 17.0. The van der Waals surface area contributed by atoms with Gasteiger partial charge in [0.2, 0.25) is 0 Å². The first-order chi connectivity index (χ1) is 21.0. The third kappa shape index (κ3) is 4.83. The van der Waals surface area contributed by atoms with E-state index in [2.05, 4.69) is 47.6 Å². The third-order valence-corrected chi connectivity index (χ3v) is 14.8. The largest absolute Gasteiger partial charge is 0.508 e. The van der Waals surface area contributed by atoms with E-state index in [4.69, 9.17) is 4.74 Å². The molecule has 0 saturated heterocycles. The van der Waals surface area contributed by atoms with Crippen molar-refractivity contribution in [1.29, 1.82) is 0 Å². The van der Waals surface area contributed by atoms with E-state index in [0.717, 1.165) is 50.5 Å². The fourth-order valence-electron chi connectivity index (χ4n) is 12.0. The van der Waals surface area contributed by atoms with Gasteiger partial charge in [-0.25, -0.2) is 4.79 Å². The molecule has 0 heterocycles. The molecule has 1 aromatic carbocycles. The summed E-state index contributed by atoms with van der Waals surface area (Å²) in [5.41, 5.74) is 1.22. The minimum absolute atomic E-state index is 0.0169. The zero-order valence-corrected chi connectivity index (χ0v) is 28.3. The SMILES string of the molecule is CC1C2C3=CCC4C5(C)CCC(OC(=O)C=Cc6ccc(O)cc6)C(C)(C)C5CCC4(C)C3(C)CCC2C(C(=O)O)CC1(C)O. The molecule has 4 fully saturated rings. The molecule has 6 heteroatoms. The Morgan fingerprint density at radius 2 is 1.62 bits per heavy atom. The normalized spacial score (nSPS) is 45.3. The highest BCUT2D eigenvalue weighted by molar-refractivity contribution is 5.87. The van der Waals surface area contributed by atoms with Crippen molar-refractivity contribution in [3.05, 3.63) is 47.6 Å². The molecule has 11 unspecified atom stereocenters. The van der Waals surface area contributed by atoms with Gasteiger partial charge in [0.1, 0.15) is 11.9 Å². The number of hydrogen-bond acceptors (Lipinski definition) is 5. The van der Waals surface area contributed by atoms with E-state index in [9.17, 15) is 24.9 Å². The van der Waals surface area contributed by atoms with Crippen LogP contribution in [0, 0.1) is 57.2 Å². The zero-order valence-electron chi connectivity index (χ0n) is 28.3. The van der Waals surface area contributed by atoms with Crippen LogP contribution in [0.5, 0.6) is 5.75 Å². The molecule has 45 heavy (non-hydrogen) atoms. The van der Waals surface area contributed by atoms with E-state index in [1.54, 1.807) is 30.3 Å². The van der Waals surface area contributed by atoms with Gasteiger partial charge in [0.05, 0.1) is 11.5 Å². The number of carboxylic acids is 1. The third-order valence-electron chi connectivity index (χ3n) is 14.8. The van der Waals surface area contributed by atoms with Crippen LogP contribution < -0.4 is 0 Å². The van der Waals surface area contributed by atoms with Crippen LogP contribution in [0.2, 0.25) is 0 Å². The van der Waals surface area contributed by atoms with E-state index in [1.165, 1.54) is 11.6 Å². The maximum absolute atomic E-state index is 13.0. The van der Waals surface area contributed by atoms with Crippen molar-refractivity contribution in [1.82, 2.24) is 0 Å². The molecule has 6 nitrogen and oxygen atoms in total. The number of carbonyl (C=O) groups excluding carboxylic acids is 1. The molecule has 0 aliphatic heterocycles. The molecule has 1 aromatic rings. The molecule has 246 valence electrons. The Labute approximate surface area is 269 Å². The molecule has 4 saturated carbocycles. The first-order valence-corrected chi connectivity index (χ1v) is 17.3. The van der Waals surface area contributed by atoms with Gasteiger partial charge in [-0.3, -0.25) is 4.79 Å². The van der Waals surface area contributed by atoms with Gasteiger partial charge in [-0.1, -0.05) is 65.3 Å². The summed E-state index contributed by atoms with van der Waals surface area (Å²) in [4.78, 5) is 25.4. The minimum Gasteiger partial charge on any atom is -0.508 e. The number of rotatable bonds is 4. The smallest absolute Gasteiger partial charge is 0.331 e. The first kappa shape index (κ1) is 32.3. The number of hydrogen-bond donors (Lipinski definition) is 3. The van der Waals surface area contributed by atoms with Gasteiger partial charge >= 0.3 is 11.9 Å². The van der Waals surface area contributed by atoms with Crippen LogP contribution in [0.1, 0.15) is 105 Å². The van der Waals surface area contributed by atoms with Crippen molar-refractivity contribution in [2.24, 2.45) is 57.2 Å². The van der Waals surface area contributed by atoms with Crippen molar-refractivity contribution < 1.29 is 29.6 Å². The van der Waals surface area contributed by atoms with Crippen molar-refractivity contribution >= 4 is 18.0 Å². The topological polar surface area (TPSA) is 104 Å². The molecule has 11 atom stereocenters. The van der Waals surface area contributed by atoms with Crippen LogP contribution in [0.15, 0.2) is 42.0 Å². The molecule has 0 spiro atoms. The Bertz CT molecular complexity index is 1400. The molecule has 3 N–H and O–H groups in total. The Balaban J connectivity index is 1.26. The summed E-state index contributed by atoms with van der Waals surface area (Å²) in [5.74, 6) is -0.301. The maximum atomic E-state index is 13.0. The predicted molar refractivity (Wildman–Crippen MR) is 175 cm³/mol. The van der Waals surface area contributed by atoms with Gasteiger partial charge < -0.3 is 20.1 Å². The quantitative estimate of drug-likeness (QED) is 0.179. The van der Waals surface area contributed by atoms with Crippen LogP contribution in [0.25, 0.3) is 6.08 Å². The highest BCUT2D eigenvalue weighted by Crippen LogP contribution is 2.75. The van der Waals surface area contributed by atoms with E-state index in [-0.39, 0.29) is 57.2 Å². The van der Waals surface area contributed by atoms with Crippen LogP contribution in [-0.2, 0) is 14.3 Å². The molecule has 6 rings (SSSR count). The second kappa shape index (κ2) is 10.7. The lowest BCUT2D eigenvalue weighted by molar-refractivity contribution is -0.212. The number of benzene rings is 1. The molecule has 0 bridgehead atoms. The molecule has 0 radical (unpaired) electrons. The Kier molecular flexibility index (Phi) is 7.70. The Morgan fingerprint density at radius 1 is 0.933 bits per heavy atom. The number of esters is 1. The number of allylic oxidation sites excluding steroid dienone is 2. The maximum Gasteiger partial charge on any atom is 0.331 e. The number of fused-ring (bicyclic) bond motifs is 7. The van der Waals surface area contributed by atoms with E-state index < -0.39 is 17.5 Å². The fraction of sp³-hybridized carbons (Fsp3) is 0.692. The number of carbonyl (C=O) groups is 2. The van der Waals surface area contributed by atoms with Crippen LogP contribution in [-0.4, -0.2) is 39.0 Å². The monoisotopic (exact) mass is 618 g/mol. The molecular weight excluding hydrogens is 564 g/mol. The highest BCUT2D eigenvalue weighted by atomic mass is 16.5. The van der Waals surface area contributed by atoms with Crippen molar-refractivity contribution in [2.75, 3.05) is 0 Å². The lowest BCUT2D eigenvalue weighted by Gasteiger charge is -2.71. The van der Waals surface area contributed by atoms with Crippen LogP contribution in [0.4, 0.5) is 0 Å². The number of aromatic hydroxyl groups is 1. The number of ether oxygens (including phenoxy) is 1. The summed E-state index contributed by atoms with van der Waals surface area (Å²) in [6.07, 6.45) is 12.8. The van der Waals surface area contributed by atoms with Gasteiger partial charge in [0.25, 0.3) is 0 Å². The fourth-order valence-corrected chi connectivity index (χ4v) is 12.0. The molecule has 0 amide bonds. The van der Waals surface area contributed by atoms with E-state index in [1.807, 2.05) is 6.92 Å². The summed E-state index contributed by atoms with van der Waals surface area (Å²) < 4.78 is 6.17. The van der Waals surface area contributed by atoms with Gasteiger partial charge in [0.15, 0.2) is 0 Å². The minimum atomic E-state index is -0.996. The van der Waals surface area contributed by atoms with Crippen LogP contribution >= 0.6 is 0 Å². The summed E-state index contributed by atoms with van der Waals surface area (Å²) in [5, 5.41) is 31.2. The number of aliphatic hydroxyl groups is 1. The number of aliphatic carboxylic acids is 1. The first-order valence-electron chi connectivity index (χ1n) is 17.3. The van der Waals surface area contributed by atoms with Gasteiger partial charge in [-0.15, -0.1) is 0 Å². The van der Waals surface area contributed by atoms with Crippen molar-refractivity contribution in [3.8, 4) is 5.75 Å². The highest BCUT2D eigenvalue weighted by Gasteiger charge is 2.68. The van der Waals surface area contributed by atoms with Gasteiger partial charge in [-0.2, -0.15) is 0 Å². The summed E-state index contributed by atoms with van der Waals surface area (Å²) in [6, 6.07) is 6.75. The molecule has 5 aliphatic carbocycles. The molecular formula is C39H54O6. The summed E-state index contributed by atoms with van der Waals surface area (Å²) in [6.45, 7) is 16.1. The lowest BCUT2D eigenvalue weighted by atomic mass is 9.34. The average molecular weight is 619 g/mol. The molecule has 5 aliphatic rings. The number of phenols is 1. The average Bonchev–Trinajstić information content (AvgIpc) is 2.96. The van der Waals surface area contributed by atoms with Gasteiger partial charge in [0, 0.05) is 11.5 Å². The summed E-state index contributed by atoms with van der Waals surface area (Å²) >= 11 is 0. The molecule has 0 aromatic heterocycles. The van der Waals surface area contributed by atoms with Crippen molar-refractivity contribution in [3.63, 3.8) is 0 Å². The predicted octanol–water partition coefficient (Wildman–Crippen LogP) is 8.03. The standard InChI is InChI=1S/C39H54O6/c1-23-33-26(27(34(42)43)22-39(23,7)44)16-20-37(5)28(33)13-14-30-36(4)19-18-31(35(2,3)29(36)17-21-38(30,37)6)45-32(41)15-10-24-8-11-25(40)12-9-24/h8-13,15,23,26-27,29-31,33,40,44H,14,16-22H2,1-7H3,(H,42,43). The Hall–Kier alpha value is -2.60. The van der Waals surface area contributed by atoms with E-state index >= 15 is 0 Å². The van der Waals surface area contributed by atoms with E-state index in [0.29, 0.717) is 18.3 Å². The second-order valence-electron chi connectivity index (χ2n) is 17.0.